The van der Waals surface area contributed by atoms with E-state index in [2.05, 4.69) is 32.9 Å². The molecule has 0 bridgehead atoms. The molecule has 0 heteroatoms. The molecule has 0 saturated heterocycles. The van der Waals surface area contributed by atoms with Gasteiger partial charge in [-0.15, -0.1) is 0 Å². The van der Waals surface area contributed by atoms with E-state index < -0.39 is 0 Å². The molecule has 1 rings (SSSR count). The summed E-state index contributed by atoms with van der Waals surface area (Å²) in [7, 11) is 0. The second-order valence-corrected chi connectivity index (χ2v) is 4.22. The number of hydrogen-bond donors (Lipinski definition) is 0. The first-order valence-electron chi connectivity index (χ1n) is 4.29. The minimum Gasteiger partial charge on any atom is -0.0852 e. The van der Waals surface area contributed by atoms with Gasteiger partial charge in [0.2, 0.25) is 0 Å². The maximum Gasteiger partial charge on any atom is -0.0175 e. The highest BCUT2D eigenvalue weighted by Gasteiger charge is 2.16. The normalized spacial score (nSPS) is 31.7. The van der Waals surface area contributed by atoms with Gasteiger partial charge < -0.3 is 0 Å². The third-order valence-electron chi connectivity index (χ3n) is 2.36. The largest absolute Gasteiger partial charge is 0.0852 e. The second-order valence-electron chi connectivity index (χ2n) is 4.22. The van der Waals surface area contributed by atoms with Gasteiger partial charge in [-0.25, -0.2) is 0 Å². The molecule has 0 spiro atoms. The van der Waals surface area contributed by atoms with E-state index in [0.29, 0.717) is 5.41 Å². The van der Waals surface area contributed by atoms with Crippen LogP contribution in [0.3, 0.4) is 0 Å². The van der Waals surface area contributed by atoms with Crippen LogP contribution in [0.5, 0.6) is 0 Å². The van der Waals surface area contributed by atoms with Crippen molar-refractivity contribution in [3.63, 3.8) is 0 Å². The van der Waals surface area contributed by atoms with E-state index in [1.807, 2.05) is 0 Å². The molecule has 0 N–H and O–H groups in total. The third kappa shape index (κ3) is 2.17. The summed E-state index contributed by atoms with van der Waals surface area (Å²) in [6, 6.07) is 0. The Morgan fingerprint density at radius 2 is 2.10 bits per heavy atom. The van der Waals surface area contributed by atoms with Crippen LogP contribution in [-0.4, -0.2) is 0 Å². The van der Waals surface area contributed by atoms with Crippen molar-refractivity contribution in [2.75, 3.05) is 0 Å². The molecular weight excluding hydrogens is 120 g/mol. The molecule has 0 aromatic carbocycles. The fraction of sp³-hybridized carbons (Fsp3) is 0.800. The fourth-order valence-electron chi connectivity index (χ4n) is 1.48. The average molecular weight is 138 g/mol. The van der Waals surface area contributed by atoms with Gasteiger partial charge in [-0.1, -0.05) is 39.3 Å². The Hall–Kier alpha value is -0.260. The van der Waals surface area contributed by atoms with Gasteiger partial charge in [0.25, 0.3) is 0 Å². The summed E-state index contributed by atoms with van der Waals surface area (Å²) in [4.78, 5) is 0. The molecule has 1 aliphatic carbocycles. The molecule has 0 nitrogen and oxygen atoms in total. The van der Waals surface area contributed by atoms with Crippen LogP contribution in [0.4, 0.5) is 0 Å². The lowest BCUT2D eigenvalue weighted by atomic mass is 9.89. The van der Waals surface area contributed by atoms with Crippen molar-refractivity contribution in [3.05, 3.63) is 12.2 Å². The van der Waals surface area contributed by atoms with Gasteiger partial charge in [-0.2, -0.15) is 0 Å². The highest BCUT2D eigenvalue weighted by Crippen LogP contribution is 2.30. The standard InChI is InChI=1S/C10H18/c1-9-5-4-7-10(2,3)8-6-9/h6,8-9H,4-5,7H2,1-3H3. The Kier molecular flexibility index (Phi) is 2.18. The summed E-state index contributed by atoms with van der Waals surface area (Å²) in [6.45, 7) is 6.95. The Balaban J connectivity index is 2.59. The summed E-state index contributed by atoms with van der Waals surface area (Å²) in [5, 5.41) is 0. The van der Waals surface area contributed by atoms with Crippen LogP contribution in [-0.2, 0) is 0 Å². The number of hydrogen-bond acceptors (Lipinski definition) is 0. The van der Waals surface area contributed by atoms with E-state index in [1.54, 1.807) is 0 Å². The van der Waals surface area contributed by atoms with Crippen molar-refractivity contribution in [3.8, 4) is 0 Å². The molecule has 1 aliphatic rings. The van der Waals surface area contributed by atoms with Gasteiger partial charge in [-0.05, 0) is 24.2 Å². The van der Waals surface area contributed by atoms with Crippen molar-refractivity contribution in [2.45, 2.75) is 40.0 Å². The maximum atomic E-state index is 2.38. The Morgan fingerprint density at radius 3 is 2.80 bits per heavy atom. The summed E-state index contributed by atoms with van der Waals surface area (Å²) >= 11 is 0. The van der Waals surface area contributed by atoms with E-state index in [4.69, 9.17) is 0 Å². The van der Waals surface area contributed by atoms with E-state index in [9.17, 15) is 0 Å². The lowest BCUT2D eigenvalue weighted by molar-refractivity contribution is 0.419. The van der Waals surface area contributed by atoms with Crippen molar-refractivity contribution >= 4 is 0 Å². The van der Waals surface area contributed by atoms with Gasteiger partial charge >= 0.3 is 0 Å². The number of rotatable bonds is 0. The molecular formula is C10H18. The van der Waals surface area contributed by atoms with E-state index in [-0.39, 0.29) is 0 Å². The summed E-state index contributed by atoms with van der Waals surface area (Å²) < 4.78 is 0. The van der Waals surface area contributed by atoms with Crippen molar-refractivity contribution in [1.29, 1.82) is 0 Å². The van der Waals surface area contributed by atoms with Crippen molar-refractivity contribution in [1.82, 2.24) is 0 Å². The minimum atomic E-state index is 0.463. The van der Waals surface area contributed by atoms with Gasteiger partial charge in [0.1, 0.15) is 0 Å². The Morgan fingerprint density at radius 1 is 1.40 bits per heavy atom. The third-order valence-corrected chi connectivity index (χ3v) is 2.36. The molecule has 1 unspecified atom stereocenters. The van der Waals surface area contributed by atoms with Gasteiger partial charge in [0.15, 0.2) is 0 Å². The Labute approximate surface area is 64.3 Å². The van der Waals surface area contributed by atoms with Gasteiger partial charge in [0, 0.05) is 0 Å². The lowest BCUT2D eigenvalue weighted by Crippen LogP contribution is -2.04. The zero-order valence-corrected chi connectivity index (χ0v) is 7.35. The quantitative estimate of drug-likeness (QED) is 0.450. The first kappa shape index (κ1) is 7.84. The first-order chi connectivity index (χ1) is 4.60. The molecule has 0 radical (unpaired) electrons. The predicted molar refractivity (Wildman–Crippen MR) is 45.9 cm³/mol. The highest BCUT2D eigenvalue weighted by molar-refractivity contribution is 4.99. The van der Waals surface area contributed by atoms with Gasteiger partial charge in [0.05, 0.1) is 0 Å². The van der Waals surface area contributed by atoms with Gasteiger partial charge in [-0.3, -0.25) is 0 Å². The molecule has 0 aromatic heterocycles. The fourth-order valence-corrected chi connectivity index (χ4v) is 1.48. The molecule has 0 saturated carbocycles. The van der Waals surface area contributed by atoms with E-state index >= 15 is 0 Å². The minimum absolute atomic E-state index is 0.463. The maximum absolute atomic E-state index is 2.38. The van der Waals surface area contributed by atoms with E-state index in [1.165, 1.54) is 19.3 Å². The second kappa shape index (κ2) is 2.77. The Bertz CT molecular complexity index is 131. The molecule has 0 heterocycles. The molecule has 0 amide bonds. The van der Waals surface area contributed by atoms with Crippen LogP contribution in [0.25, 0.3) is 0 Å². The molecule has 0 aliphatic heterocycles. The van der Waals surface area contributed by atoms with Crippen LogP contribution in [0.2, 0.25) is 0 Å². The monoisotopic (exact) mass is 138 g/mol. The SMILES string of the molecule is CC1C=CC(C)(C)CCC1. The average Bonchev–Trinajstić information content (AvgIpc) is 1.94. The van der Waals surface area contributed by atoms with Crippen LogP contribution in [0.1, 0.15) is 40.0 Å². The van der Waals surface area contributed by atoms with Crippen molar-refractivity contribution < 1.29 is 0 Å². The first-order valence-corrected chi connectivity index (χ1v) is 4.29. The predicted octanol–water partition coefficient (Wildman–Crippen LogP) is 3.39. The molecule has 10 heavy (non-hydrogen) atoms. The molecule has 58 valence electrons. The summed E-state index contributed by atoms with van der Waals surface area (Å²) in [5.74, 6) is 0.807. The highest BCUT2D eigenvalue weighted by atomic mass is 14.2. The number of allylic oxidation sites excluding steroid dienone is 2. The zero-order valence-electron chi connectivity index (χ0n) is 7.35. The summed E-state index contributed by atoms with van der Waals surface area (Å²) in [6.07, 6.45) is 8.87. The molecule has 0 fully saturated rings. The van der Waals surface area contributed by atoms with Crippen LogP contribution >= 0.6 is 0 Å². The molecule has 0 aromatic rings. The molecule has 1 atom stereocenters. The van der Waals surface area contributed by atoms with Crippen LogP contribution in [0, 0.1) is 11.3 Å². The van der Waals surface area contributed by atoms with Crippen LogP contribution in [0.15, 0.2) is 12.2 Å². The van der Waals surface area contributed by atoms with Crippen molar-refractivity contribution in [2.24, 2.45) is 11.3 Å². The summed E-state index contributed by atoms with van der Waals surface area (Å²) in [5.41, 5.74) is 0.463. The lowest BCUT2D eigenvalue weighted by Gasteiger charge is -2.17. The smallest absolute Gasteiger partial charge is 0.0175 e. The van der Waals surface area contributed by atoms with Crippen LogP contribution < -0.4 is 0 Å². The zero-order chi connectivity index (χ0) is 7.61. The van der Waals surface area contributed by atoms with E-state index in [0.717, 1.165) is 5.92 Å². The topological polar surface area (TPSA) is 0 Å².